The molecule has 0 aliphatic rings. The van der Waals surface area contributed by atoms with Crippen LogP contribution in [0.2, 0.25) is 0 Å². The summed E-state index contributed by atoms with van der Waals surface area (Å²) in [7, 11) is 0. The molecule has 0 atom stereocenters. The Labute approximate surface area is 121 Å². The van der Waals surface area contributed by atoms with Gasteiger partial charge in [-0.2, -0.15) is 18.4 Å². The number of alkyl halides is 3. The molecule has 0 saturated heterocycles. The summed E-state index contributed by atoms with van der Waals surface area (Å²) < 4.78 is 38.7. The summed E-state index contributed by atoms with van der Waals surface area (Å²) in [6.07, 6.45) is -4.28. The van der Waals surface area contributed by atoms with Crippen molar-refractivity contribution in [3.8, 4) is 6.07 Å². The van der Waals surface area contributed by atoms with Crippen LogP contribution in [0.15, 0.2) is 12.1 Å². The number of nitrogen functional groups attached to an aromatic ring is 1. The monoisotopic (exact) mass is 301 g/mol. The molecule has 3 N–H and O–H groups in total. The molecule has 1 heterocycles. The number of nitriles is 1. The minimum Gasteiger partial charge on any atom is -0.355 e. The van der Waals surface area contributed by atoms with Crippen LogP contribution in [-0.2, 0) is 6.18 Å². The first kappa shape index (κ1) is 17.0. The molecule has 1 rings (SSSR count). The van der Waals surface area contributed by atoms with Gasteiger partial charge in [0, 0.05) is 13.1 Å². The first-order chi connectivity index (χ1) is 9.77. The molecule has 116 valence electrons. The molecule has 0 radical (unpaired) electrons. The van der Waals surface area contributed by atoms with E-state index in [-0.39, 0.29) is 24.0 Å². The third kappa shape index (κ3) is 5.11. The van der Waals surface area contributed by atoms with E-state index in [0.29, 0.717) is 13.1 Å². The van der Waals surface area contributed by atoms with Gasteiger partial charge in [0.15, 0.2) is 0 Å². The minimum absolute atomic E-state index is 0.0643. The van der Waals surface area contributed by atoms with E-state index in [4.69, 9.17) is 11.1 Å². The zero-order valence-electron chi connectivity index (χ0n) is 11.9. The number of anilines is 2. The maximum absolute atomic E-state index is 12.9. The van der Waals surface area contributed by atoms with Crippen molar-refractivity contribution in [3.63, 3.8) is 0 Å². The average Bonchev–Trinajstić information content (AvgIpc) is 2.41. The summed E-state index contributed by atoms with van der Waals surface area (Å²) >= 11 is 0. The second-order valence-corrected chi connectivity index (χ2v) is 4.99. The lowest BCUT2D eigenvalue weighted by molar-refractivity contribution is -0.137. The van der Waals surface area contributed by atoms with Crippen molar-refractivity contribution in [1.29, 1.82) is 5.26 Å². The van der Waals surface area contributed by atoms with E-state index in [1.807, 2.05) is 19.9 Å². The number of pyridine rings is 1. The number of halogens is 3. The predicted molar refractivity (Wildman–Crippen MR) is 74.3 cm³/mol. The second kappa shape index (κ2) is 7.13. The number of hydrogen-bond acceptors (Lipinski definition) is 5. The highest BCUT2D eigenvalue weighted by Crippen LogP contribution is 2.32. The second-order valence-electron chi connectivity index (χ2n) is 4.99. The summed E-state index contributed by atoms with van der Waals surface area (Å²) in [5, 5.41) is 8.67. The van der Waals surface area contributed by atoms with Crippen LogP contribution in [0.4, 0.5) is 24.8 Å². The molecular formula is C13H18F3N5. The summed E-state index contributed by atoms with van der Waals surface area (Å²) in [5.74, 6) is 5.49. The summed E-state index contributed by atoms with van der Waals surface area (Å²) in [6.45, 7) is 4.69. The van der Waals surface area contributed by atoms with Crippen LogP contribution in [0.25, 0.3) is 0 Å². The Morgan fingerprint density at radius 1 is 1.43 bits per heavy atom. The van der Waals surface area contributed by atoms with Crippen molar-refractivity contribution in [2.24, 2.45) is 11.8 Å². The average molecular weight is 301 g/mol. The zero-order chi connectivity index (χ0) is 16.0. The number of rotatable bonds is 6. The van der Waals surface area contributed by atoms with Crippen LogP contribution in [-0.4, -0.2) is 18.1 Å². The van der Waals surface area contributed by atoms with E-state index in [0.717, 1.165) is 12.1 Å². The first-order valence-corrected chi connectivity index (χ1v) is 6.45. The molecule has 1 aromatic heterocycles. The molecule has 0 saturated carbocycles. The van der Waals surface area contributed by atoms with Gasteiger partial charge in [-0.25, -0.2) is 10.8 Å². The number of nitrogens with two attached hydrogens (primary N) is 1. The molecule has 5 nitrogen and oxygen atoms in total. The Kier molecular flexibility index (Phi) is 5.79. The van der Waals surface area contributed by atoms with Crippen LogP contribution in [0.5, 0.6) is 0 Å². The van der Waals surface area contributed by atoms with Gasteiger partial charge >= 0.3 is 6.18 Å². The molecule has 0 aromatic carbocycles. The fourth-order valence-electron chi connectivity index (χ4n) is 1.84. The lowest BCUT2D eigenvalue weighted by Gasteiger charge is -2.26. The summed E-state index contributed by atoms with van der Waals surface area (Å²) in [5.41, 5.74) is 1.31. The molecule has 21 heavy (non-hydrogen) atoms. The van der Waals surface area contributed by atoms with Crippen molar-refractivity contribution in [2.75, 3.05) is 23.4 Å². The van der Waals surface area contributed by atoms with Crippen molar-refractivity contribution in [2.45, 2.75) is 26.4 Å². The molecule has 8 heteroatoms. The van der Waals surface area contributed by atoms with Gasteiger partial charge in [0.1, 0.15) is 11.6 Å². The molecule has 0 fully saturated rings. The van der Waals surface area contributed by atoms with Gasteiger partial charge in [0.2, 0.25) is 0 Å². The topological polar surface area (TPSA) is 78.0 Å². The maximum atomic E-state index is 12.9. The van der Waals surface area contributed by atoms with Gasteiger partial charge < -0.3 is 10.3 Å². The van der Waals surface area contributed by atoms with Crippen LogP contribution in [0.3, 0.4) is 0 Å². The fourth-order valence-corrected chi connectivity index (χ4v) is 1.84. The van der Waals surface area contributed by atoms with Crippen LogP contribution in [0.1, 0.15) is 25.8 Å². The highest BCUT2D eigenvalue weighted by Gasteiger charge is 2.32. The quantitative estimate of drug-likeness (QED) is 0.624. The number of nitrogens with one attached hydrogen (secondary N) is 1. The lowest BCUT2D eigenvalue weighted by atomic mass is 10.2. The van der Waals surface area contributed by atoms with Crippen LogP contribution in [0, 0.1) is 17.2 Å². The van der Waals surface area contributed by atoms with E-state index < -0.39 is 11.7 Å². The third-order valence-corrected chi connectivity index (χ3v) is 2.69. The SMILES string of the molecule is CC(C)CN(CCC#N)c1cc(C(F)(F)F)cc(NN)n1. The number of hydrazine groups is 1. The van der Waals surface area contributed by atoms with Gasteiger partial charge in [-0.05, 0) is 18.1 Å². The molecular weight excluding hydrogens is 283 g/mol. The zero-order valence-corrected chi connectivity index (χ0v) is 11.9. The van der Waals surface area contributed by atoms with Gasteiger partial charge in [0.05, 0.1) is 18.1 Å². The molecule has 1 aromatic rings. The van der Waals surface area contributed by atoms with Crippen molar-refractivity contribution >= 4 is 11.6 Å². The van der Waals surface area contributed by atoms with Gasteiger partial charge in [0.25, 0.3) is 0 Å². The number of aromatic nitrogens is 1. The van der Waals surface area contributed by atoms with Crippen LogP contribution < -0.4 is 16.2 Å². The smallest absolute Gasteiger partial charge is 0.355 e. The predicted octanol–water partition coefficient (Wildman–Crippen LogP) is 2.76. The van der Waals surface area contributed by atoms with E-state index >= 15 is 0 Å². The van der Waals surface area contributed by atoms with Gasteiger partial charge in [-0.1, -0.05) is 13.8 Å². The summed E-state index contributed by atoms with van der Waals surface area (Å²) in [4.78, 5) is 5.71. The van der Waals surface area contributed by atoms with Gasteiger partial charge in [-0.3, -0.25) is 0 Å². The van der Waals surface area contributed by atoms with Gasteiger partial charge in [-0.15, -0.1) is 0 Å². The number of hydrogen-bond donors (Lipinski definition) is 2. The Hall–Kier alpha value is -2.01. The van der Waals surface area contributed by atoms with Crippen molar-refractivity contribution in [1.82, 2.24) is 4.98 Å². The number of nitrogens with zero attached hydrogens (tertiary/aromatic N) is 3. The standard InChI is InChI=1S/C13H18F3N5/c1-9(2)8-21(5-3-4-17)12-7-10(13(14,15)16)6-11(19-12)20-18/h6-7,9H,3,5,8,18H2,1-2H3,(H,19,20). The Morgan fingerprint density at radius 3 is 2.57 bits per heavy atom. The molecule has 0 spiro atoms. The Bertz CT molecular complexity index is 508. The van der Waals surface area contributed by atoms with Crippen molar-refractivity contribution < 1.29 is 13.2 Å². The summed E-state index contributed by atoms with van der Waals surface area (Å²) in [6, 6.07) is 3.80. The van der Waals surface area contributed by atoms with Crippen molar-refractivity contribution in [3.05, 3.63) is 17.7 Å². The van der Waals surface area contributed by atoms with E-state index in [1.165, 1.54) is 0 Å². The molecule has 0 unspecified atom stereocenters. The molecule has 0 aliphatic carbocycles. The first-order valence-electron chi connectivity index (χ1n) is 6.45. The fraction of sp³-hybridized carbons (Fsp3) is 0.538. The highest BCUT2D eigenvalue weighted by molar-refractivity contribution is 5.51. The molecule has 0 aliphatic heterocycles. The van der Waals surface area contributed by atoms with Crippen LogP contribution >= 0.6 is 0 Å². The maximum Gasteiger partial charge on any atom is 0.416 e. The lowest BCUT2D eigenvalue weighted by Crippen LogP contribution is -2.30. The molecule has 0 amide bonds. The molecule has 0 bridgehead atoms. The normalized spacial score (nSPS) is 11.3. The van der Waals surface area contributed by atoms with E-state index in [1.54, 1.807) is 4.90 Å². The minimum atomic E-state index is -4.48. The Morgan fingerprint density at radius 2 is 2.10 bits per heavy atom. The van der Waals surface area contributed by atoms with E-state index in [2.05, 4.69) is 10.4 Å². The largest absolute Gasteiger partial charge is 0.416 e. The highest BCUT2D eigenvalue weighted by atomic mass is 19.4. The van der Waals surface area contributed by atoms with E-state index in [9.17, 15) is 13.2 Å². The third-order valence-electron chi connectivity index (χ3n) is 2.69. The Balaban J connectivity index is 3.19.